The van der Waals surface area contributed by atoms with Crippen molar-refractivity contribution in [1.82, 2.24) is 5.43 Å². The maximum atomic E-state index is 13.6. The number of carbonyl (C=O) groups is 2. The Kier molecular flexibility index (Phi) is 3.58. The average Bonchev–Trinajstić information content (AvgIpc) is 2.93. The van der Waals surface area contributed by atoms with Crippen molar-refractivity contribution in [2.45, 2.75) is 5.41 Å². The number of rotatable bonds is 4. The summed E-state index contributed by atoms with van der Waals surface area (Å²) < 4.78 is 0. The van der Waals surface area contributed by atoms with E-state index < -0.39 is 5.41 Å². The van der Waals surface area contributed by atoms with Gasteiger partial charge in [-0.05, 0) is 17.2 Å². The van der Waals surface area contributed by atoms with Crippen LogP contribution >= 0.6 is 0 Å². The maximum absolute atomic E-state index is 13.6. The zero-order valence-electron chi connectivity index (χ0n) is 13.4. The van der Waals surface area contributed by atoms with Gasteiger partial charge in [-0.15, -0.1) is 0 Å². The molecule has 0 fully saturated rings. The molecule has 4 rings (SSSR count). The highest BCUT2D eigenvalue weighted by Crippen LogP contribution is 2.49. The predicted octanol–water partition coefficient (Wildman–Crippen LogP) is 3.03. The first kappa shape index (κ1) is 15.1. The molecular weight excluding hydrogens is 312 g/mol. The molecule has 25 heavy (non-hydrogen) atoms. The Hall–Kier alpha value is -3.40. The van der Waals surface area contributed by atoms with Gasteiger partial charge in [0, 0.05) is 5.56 Å². The Balaban J connectivity index is 2.08. The van der Waals surface area contributed by atoms with E-state index >= 15 is 0 Å². The predicted molar refractivity (Wildman–Crippen MR) is 95.9 cm³/mol. The minimum Gasteiger partial charge on any atom is -0.277 e. The van der Waals surface area contributed by atoms with Gasteiger partial charge in [0.15, 0.2) is 0 Å². The minimum atomic E-state index is -0.991. The van der Waals surface area contributed by atoms with Crippen LogP contribution in [0.1, 0.15) is 16.7 Å². The fourth-order valence-corrected chi connectivity index (χ4v) is 3.66. The van der Waals surface area contributed by atoms with E-state index in [-0.39, 0.29) is 5.91 Å². The van der Waals surface area contributed by atoms with Crippen molar-refractivity contribution in [3.8, 4) is 0 Å². The number of hydrogen-bond donors (Lipinski definition) is 1. The van der Waals surface area contributed by atoms with E-state index in [2.05, 4.69) is 5.43 Å². The first-order valence-electron chi connectivity index (χ1n) is 8.05. The van der Waals surface area contributed by atoms with Crippen LogP contribution < -0.4 is 10.4 Å². The van der Waals surface area contributed by atoms with Crippen LogP contribution in [0.5, 0.6) is 0 Å². The van der Waals surface area contributed by atoms with E-state index in [0.29, 0.717) is 12.1 Å². The van der Waals surface area contributed by atoms with Crippen LogP contribution in [0.2, 0.25) is 0 Å². The van der Waals surface area contributed by atoms with Crippen molar-refractivity contribution < 1.29 is 9.59 Å². The number of hydrogen-bond acceptors (Lipinski definition) is 2. The van der Waals surface area contributed by atoms with Crippen LogP contribution in [0.15, 0.2) is 84.9 Å². The third-order valence-corrected chi connectivity index (χ3v) is 4.67. The zero-order chi connectivity index (χ0) is 17.3. The minimum absolute atomic E-state index is 0.196. The van der Waals surface area contributed by atoms with Crippen molar-refractivity contribution >= 4 is 18.0 Å². The Bertz CT molecular complexity index is 883. The van der Waals surface area contributed by atoms with Crippen LogP contribution in [-0.4, -0.2) is 12.3 Å². The van der Waals surface area contributed by atoms with Gasteiger partial charge >= 0.3 is 0 Å². The number of para-hydroxylation sites is 1. The Morgan fingerprint density at radius 2 is 1.28 bits per heavy atom. The van der Waals surface area contributed by atoms with Gasteiger partial charge < -0.3 is 0 Å². The molecule has 1 aliphatic heterocycles. The first-order valence-corrected chi connectivity index (χ1v) is 8.05. The van der Waals surface area contributed by atoms with Crippen LogP contribution in [0.25, 0.3) is 0 Å². The standard InChI is InChI=1S/C21H16N2O2/c24-15-22-23-19-14-8-7-13-18(19)21(20(23)25,16-9-3-1-4-10-16)17-11-5-2-6-12-17/h1-15H,(H,22,24). The number of nitrogens with zero attached hydrogens (tertiary/aromatic N) is 1. The van der Waals surface area contributed by atoms with E-state index in [1.165, 1.54) is 5.01 Å². The molecule has 0 atom stereocenters. The molecule has 0 bridgehead atoms. The molecule has 0 unspecified atom stereocenters. The number of anilines is 1. The number of nitrogens with one attached hydrogen (secondary N) is 1. The lowest BCUT2D eigenvalue weighted by Gasteiger charge is -2.29. The molecule has 4 heteroatoms. The molecule has 0 aliphatic carbocycles. The molecule has 3 aromatic carbocycles. The Labute approximate surface area is 145 Å². The highest BCUT2D eigenvalue weighted by atomic mass is 16.2. The van der Waals surface area contributed by atoms with E-state index in [4.69, 9.17) is 0 Å². The summed E-state index contributed by atoms with van der Waals surface area (Å²) in [6.45, 7) is 0. The molecule has 3 aromatic rings. The Morgan fingerprint density at radius 3 is 1.84 bits per heavy atom. The molecule has 2 amide bonds. The average molecular weight is 328 g/mol. The largest absolute Gasteiger partial charge is 0.277 e. The molecule has 122 valence electrons. The van der Waals surface area contributed by atoms with Crippen molar-refractivity contribution in [3.63, 3.8) is 0 Å². The fraction of sp³-hybridized carbons (Fsp3) is 0.0476. The fourth-order valence-electron chi connectivity index (χ4n) is 3.66. The molecule has 0 saturated heterocycles. The normalized spacial score (nSPS) is 14.9. The van der Waals surface area contributed by atoms with E-state index in [0.717, 1.165) is 16.7 Å². The second kappa shape index (κ2) is 5.91. The van der Waals surface area contributed by atoms with Gasteiger partial charge in [-0.25, -0.2) is 5.01 Å². The second-order valence-corrected chi connectivity index (χ2v) is 5.89. The molecule has 1 heterocycles. The highest BCUT2D eigenvalue weighted by molar-refractivity contribution is 6.13. The Morgan fingerprint density at radius 1 is 0.760 bits per heavy atom. The van der Waals surface area contributed by atoms with E-state index in [1.807, 2.05) is 84.9 Å². The van der Waals surface area contributed by atoms with Crippen molar-refractivity contribution in [2.75, 3.05) is 5.01 Å². The molecule has 0 spiro atoms. The third kappa shape index (κ3) is 2.08. The van der Waals surface area contributed by atoms with Crippen LogP contribution in [0.3, 0.4) is 0 Å². The summed E-state index contributed by atoms with van der Waals surface area (Å²) >= 11 is 0. The smallest absolute Gasteiger partial charge is 0.265 e. The molecule has 0 saturated carbocycles. The summed E-state index contributed by atoms with van der Waals surface area (Å²) in [5.41, 5.74) is 4.84. The van der Waals surface area contributed by atoms with Gasteiger partial charge in [-0.2, -0.15) is 0 Å². The first-order chi connectivity index (χ1) is 12.3. The molecule has 1 N–H and O–H groups in total. The lowest BCUT2D eigenvalue weighted by molar-refractivity contribution is -0.123. The number of fused-ring (bicyclic) bond motifs is 1. The van der Waals surface area contributed by atoms with Gasteiger partial charge in [-0.3, -0.25) is 15.0 Å². The number of hydrazine groups is 1. The van der Waals surface area contributed by atoms with E-state index in [9.17, 15) is 9.59 Å². The zero-order valence-corrected chi connectivity index (χ0v) is 13.4. The van der Waals surface area contributed by atoms with Crippen LogP contribution in [0, 0.1) is 0 Å². The molecule has 0 radical (unpaired) electrons. The summed E-state index contributed by atoms with van der Waals surface area (Å²) in [5.74, 6) is -0.196. The van der Waals surface area contributed by atoms with Gasteiger partial charge in [0.1, 0.15) is 5.41 Å². The molecule has 1 aliphatic rings. The molecular formula is C21H16N2O2. The quantitative estimate of drug-likeness (QED) is 0.749. The molecule has 0 aromatic heterocycles. The summed E-state index contributed by atoms with van der Waals surface area (Å²) in [4.78, 5) is 24.7. The summed E-state index contributed by atoms with van der Waals surface area (Å²) in [6, 6.07) is 26.9. The number of amides is 2. The van der Waals surface area contributed by atoms with Crippen LogP contribution in [0.4, 0.5) is 5.69 Å². The number of carbonyl (C=O) groups excluding carboxylic acids is 2. The SMILES string of the molecule is O=CNN1C(=O)C(c2ccccc2)(c2ccccc2)c2ccccc21. The van der Waals surface area contributed by atoms with Gasteiger partial charge in [0.2, 0.25) is 6.41 Å². The summed E-state index contributed by atoms with van der Waals surface area (Å²) in [7, 11) is 0. The van der Waals surface area contributed by atoms with Gasteiger partial charge in [0.05, 0.1) is 5.69 Å². The summed E-state index contributed by atoms with van der Waals surface area (Å²) in [5, 5.41) is 1.34. The molecule has 4 nitrogen and oxygen atoms in total. The lowest BCUT2D eigenvalue weighted by atomic mass is 9.70. The van der Waals surface area contributed by atoms with E-state index in [1.54, 1.807) is 0 Å². The van der Waals surface area contributed by atoms with Gasteiger partial charge in [0.25, 0.3) is 5.91 Å². The van der Waals surface area contributed by atoms with Crippen LogP contribution in [-0.2, 0) is 15.0 Å². The maximum Gasteiger partial charge on any atom is 0.265 e. The van der Waals surface area contributed by atoms with Crippen molar-refractivity contribution in [3.05, 3.63) is 102 Å². The monoisotopic (exact) mass is 328 g/mol. The van der Waals surface area contributed by atoms with Crippen molar-refractivity contribution in [2.24, 2.45) is 0 Å². The summed E-state index contributed by atoms with van der Waals surface area (Å²) in [6.07, 6.45) is 0.529. The highest BCUT2D eigenvalue weighted by Gasteiger charge is 2.53. The van der Waals surface area contributed by atoms with Gasteiger partial charge in [-0.1, -0.05) is 78.9 Å². The topological polar surface area (TPSA) is 49.4 Å². The third-order valence-electron chi connectivity index (χ3n) is 4.67. The number of benzene rings is 3. The lowest BCUT2D eigenvalue weighted by Crippen LogP contribution is -2.47. The van der Waals surface area contributed by atoms with Crippen molar-refractivity contribution in [1.29, 1.82) is 0 Å². The second-order valence-electron chi connectivity index (χ2n) is 5.89.